The van der Waals surface area contributed by atoms with E-state index < -0.39 is 0 Å². The van der Waals surface area contributed by atoms with Gasteiger partial charge in [-0.25, -0.2) is 0 Å². The summed E-state index contributed by atoms with van der Waals surface area (Å²) in [6, 6.07) is 9.37. The van der Waals surface area contributed by atoms with Gasteiger partial charge in [-0.15, -0.1) is 0 Å². The maximum atomic E-state index is 9.40. The first-order valence-electron chi connectivity index (χ1n) is 5.91. The molecule has 1 heterocycles. The summed E-state index contributed by atoms with van der Waals surface area (Å²) in [6.07, 6.45) is 1.66. The highest BCUT2D eigenvalue weighted by molar-refractivity contribution is 6.30. The van der Waals surface area contributed by atoms with Gasteiger partial charge in [-0.1, -0.05) is 11.6 Å². The molecule has 0 saturated carbocycles. The predicted octanol–water partition coefficient (Wildman–Crippen LogP) is 3.45. The average molecular weight is 266 g/mol. The zero-order valence-electron chi connectivity index (χ0n) is 10.3. The lowest BCUT2D eigenvalue weighted by Gasteiger charge is -2.24. The minimum absolute atomic E-state index is 0.0233. The van der Waals surface area contributed by atoms with Crippen LogP contribution in [0.3, 0.4) is 0 Å². The molecule has 1 aromatic heterocycles. The molecule has 0 aliphatic heterocycles. The standard InChI is InChI=1S/C14H16ClNO2/c1-2-16(9-13-4-3-7-18-13)14-6-5-12(15)8-11(14)10-17/h3-8,17H,2,9-10H2,1H3. The fraction of sp³-hybridized carbons (Fsp3) is 0.286. The van der Waals surface area contributed by atoms with Crippen LogP contribution in [0.25, 0.3) is 0 Å². The van der Waals surface area contributed by atoms with Gasteiger partial charge in [0.05, 0.1) is 19.4 Å². The fourth-order valence-electron chi connectivity index (χ4n) is 1.95. The number of aliphatic hydroxyl groups is 1. The van der Waals surface area contributed by atoms with Crippen LogP contribution < -0.4 is 4.90 Å². The Balaban J connectivity index is 2.26. The van der Waals surface area contributed by atoms with E-state index in [2.05, 4.69) is 11.8 Å². The molecular weight excluding hydrogens is 250 g/mol. The molecule has 18 heavy (non-hydrogen) atoms. The van der Waals surface area contributed by atoms with E-state index >= 15 is 0 Å². The molecule has 3 nitrogen and oxygen atoms in total. The molecule has 0 aliphatic rings. The van der Waals surface area contributed by atoms with Crippen LogP contribution in [0.2, 0.25) is 5.02 Å². The van der Waals surface area contributed by atoms with Crippen LogP contribution >= 0.6 is 11.6 Å². The monoisotopic (exact) mass is 265 g/mol. The third-order valence-electron chi connectivity index (χ3n) is 2.86. The quantitative estimate of drug-likeness (QED) is 0.900. The zero-order chi connectivity index (χ0) is 13.0. The van der Waals surface area contributed by atoms with E-state index in [1.165, 1.54) is 0 Å². The molecule has 0 atom stereocenters. The van der Waals surface area contributed by atoms with Crippen LogP contribution in [-0.2, 0) is 13.2 Å². The zero-order valence-corrected chi connectivity index (χ0v) is 11.0. The second-order valence-electron chi connectivity index (χ2n) is 4.02. The first-order chi connectivity index (χ1) is 8.74. The molecule has 1 N–H and O–H groups in total. The van der Waals surface area contributed by atoms with E-state index in [4.69, 9.17) is 16.0 Å². The number of furan rings is 1. The molecule has 1 aromatic carbocycles. The van der Waals surface area contributed by atoms with Crippen molar-refractivity contribution in [2.45, 2.75) is 20.1 Å². The Morgan fingerprint density at radius 1 is 1.33 bits per heavy atom. The van der Waals surface area contributed by atoms with Crippen molar-refractivity contribution in [3.05, 3.63) is 52.9 Å². The van der Waals surface area contributed by atoms with E-state index in [1.54, 1.807) is 12.3 Å². The van der Waals surface area contributed by atoms with E-state index in [0.717, 1.165) is 23.6 Å². The molecule has 0 aliphatic carbocycles. The molecule has 2 aromatic rings. The summed E-state index contributed by atoms with van der Waals surface area (Å²) in [7, 11) is 0. The van der Waals surface area contributed by atoms with Crippen LogP contribution in [-0.4, -0.2) is 11.7 Å². The first-order valence-corrected chi connectivity index (χ1v) is 6.29. The van der Waals surface area contributed by atoms with Gasteiger partial charge in [-0.2, -0.15) is 0 Å². The number of halogens is 1. The molecule has 0 spiro atoms. The molecule has 0 fully saturated rings. The molecule has 4 heteroatoms. The van der Waals surface area contributed by atoms with Crippen molar-refractivity contribution in [2.24, 2.45) is 0 Å². The molecule has 0 bridgehead atoms. The Labute approximate surface area is 112 Å². The highest BCUT2D eigenvalue weighted by Crippen LogP contribution is 2.25. The summed E-state index contributed by atoms with van der Waals surface area (Å²) in [5.74, 6) is 0.899. The van der Waals surface area contributed by atoms with Crippen molar-refractivity contribution in [1.82, 2.24) is 0 Å². The number of nitrogens with zero attached hydrogens (tertiary/aromatic N) is 1. The summed E-state index contributed by atoms with van der Waals surface area (Å²) in [5, 5.41) is 10.0. The number of aliphatic hydroxyl groups excluding tert-OH is 1. The average Bonchev–Trinajstić information content (AvgIpc) is 2.89. The van der Waals surface area contributed by atoms with E-state index in [0.29, 0.717) is 11.6 Å². The Morgan fingerprint density at radius 2 is 2.17 bits per heavy atom. The summed E-state index contributed by atoms with van der Waals surface area (Å²) in [4.78, 5) is 2.14. The Hall–Kier alpha value is -1.45. The number of rotatable bonds is 5. The number of anilines is 1. The molecule has 0 saturated heterocycles. The fourth-order valence-corrected chi connectivity index (χ4v) is 2.14. The molecular formula is C14H16ClNO2. The summed E-state index contributed by atoms with van der Waals surface area (Å²) in [5.41, 5.74) is 1.82. The number of benzene rings is 1. The summed E-state index contributed by atoms with van der Waals surface area (Å²) < 4.78 is 5.35. The van der Waals surface area contributed by atoms with Crippen molar-refractivity contribution in [3.63, 3.8) is 0 Å². The smallest absolute Gasteiger partial charge is 0.123 e. The van der Waals surface area contributed by atoms with Crippen LogP contribution in [0.5, 0.6) is 0 Å². The van der Waals surface area contributed by atoms with Crippen LogP contribution in [0, 0.1) is 0 Å². The normalized spacial score (nSPS) is 10.6. The second-order valence-corrected chi connectivity index (χ2v) is 4.46. The summed E-state index contributed by atoms with van der Waals surface area (Å²) in [6.45, 7) is 3.55. The van der Waals surface area contributed by atoms with Gasteiger partial charge in [-0.05, 0) is 37.3 Å². The lowest BCUT2D eigenvalue weighted by Crippen LogP contribution is -2.23. The lowest BCUT2D eigenvalue weighted by molar-refractivity contribution is 0.282. The third-order valence-corrected chi connectivity index (χ3v) is 3.10. The minimum Gasteiger partial charge on any atom is -0.467 e. The summed E-state index contributed by atoms with van der Waals surface area (Å²) >= 11 is 5.94. The first kappa shape index (κ1) is 13.0. The van der Waals surface area contributed by atoms with Gasteiger partial charge < -0.3 is 14.4 Å². The maximum absolute atomic E-state index is 9.40. The van der Waals surface area contributed by atoms with Crippen molar-refractivity contribution in [1.29, 1.82) is 0 Å². The molecule has 96 valence electrons. The van der Waals surface area contributed by atoms with Crippen LogP contribution in [0.1, 0.15) is 18.2 Å². The topological polar surface area (TPSA) is 36.6 Å². The van der Waals surface area contributed by atoms with E-state index in [9.17, 15) is 5.11 Å². The molecule has 0 unspecified atom stereocenters. The van der Waals surface area contributed by atoms with Gasteiger partial charge in [0.1, 0.15) is 5.76 Å². The molecule has 0 amide bonds. The van der Waals surface area contributed by atoms with Crippen molar-refractivity contribution in [2.75, 3.05) is 11.4 Å². The van der Waals surface area contributed by atoms with Gasteiger partial charge in [0, 0.05) is 22.8 Å². The Kier molecular flexibility index (Phi) is 4.28. The Bertz CT molecular complexity index is 497. The van der Waals surface area contributed by atoms with E-state index in [-0.39, 0.29) is 6.61 Å². The van der Waals surface area contributed by atoms with Crippen molar-refractivity contribution >= 4 is 17.3 Å². The lowest BCUT2D eigenvalue weighted by atomic mass is 10.1. The predicted molar refractivity (Wildman–Crippen MR) is 72.8 cm³/mol. The van der Waals surface area contributed by atoms with Gasteiger partial charge in [0.15, 0.2) is 0 Å². The SMILES string of the molecule is CCN(Cc1ccco1)c1ccc(Cl)cc1CO. The maximum Gasteiger partial charge on any atom is 0.123 e. The number of hydrogen-bond acceptors (Lipinski definition) is 3. The minimum atomic E-state index is -0.0233. The second kappa shape index (κ2) is 5.94. The van der Waals surface area contributed by atoms with E-state index in [1.807, 2.05) is 24.3 Å². The van der Waals surface area contributed by atoms with Gasteiger partial charge in [0.2, 0.25) is 0 Å². The highest BCUT2D eigenvalue weighted by atomic mass is 35.5. The number of hydrogen-bond donors (Lipinski definition) is 1. The van der Waals surface area contributed by atoms with Gasteiger partial charge >= 0.3 is 0 Å². The van der Waals surface area contributed by atoms with Gasteiger partial charge in [0.25, 0.3) is 0 Å². The van der Waals surface area contributed by atoms with Gasteiger partial charge in [-0.3, -0.25) is 0 Å². The molecule has 2 rings (SSSR count). The molecule has 0 radical (unpaired) electrons. The van der Waals surface area contributed by atoms with Crippen LogP contribution in [0.15, 0.2) is 41.0 Å². The van der Waals surface area contributed by atoms with Crippen LogP contribution in [0.4, 0.5) is 5.69 Å². The third kappa shape index (κ3) is 2.86. The largest absolute Gasteiger partial charge is 0.467 e. The van der Waals surface area contributed by atoms with Crippen molar-refractivity contribution < 1.29 is 9.52 Å². The Morgan fingerprint density at radius 3 is 2.78 bits per heavy atom. The van der Waals surface area contributed by atoms with Crippen molar-refractivity contribution in [3.8, 4) is 0 Å². The highest BCUT2D eigenvalue weighted by Gasteiger charge is 2.11.